The van der Waals surface area contributed by atoms with E-state index in [9.17, 15) is 13.2 Å². The molecule has 1 N–H and O–H groups in total. The number of halogens is 3. The Balaban J connectivity index is 1.61. The quantitative estimate of drug-likeness (QED) is 0.218. The van der Waals surface area contributed by atoms with Gasteiger partial charge in [0.05, 0.1) is 15.2 Å². The van der Waals surface area contributed by atoms with Crippen molar-refractivity contribution in [2.75, 3.05) is 6.61 Å². The Bertz CT molecular complexity index is 1210. The second-order valence-electron chi connectivity index (χ2n) is 6.20. The van der Waals surface area contributed by atoms with E-state index in [2.05, 4.69) is 42.4 Å². The number of carbonyl (C=O) groups is 1. The summed E-state index contributed by atoms with van der Waals surface area (Å²) in [6, 6.07) is 17.6. The van der Waals surface area contributed by atoms with Crippen LogP contribution in [0.5, 0.6) is 11.5 Å². The van der Waals surface area contributed by atoms with Crippen LogP contribution in [0.15, 0.2) is 85.7 Å². The molecule has 3 aromatic rings. The lowest BCUT2D eigenvalue weighted by molar-refractivity contribution is -0.123. The van der Waals surface area contributed by atoms with Crippen molar-refractivity contribution in [1.82, 2.24) is 5.43 Å². The third-order valence-corrected chi connectivity index (χ3v) is 6.50. The molecule has 0 aliphatic rings. The zero-order valence-electron chi connectivity index (χ0n) is 16.2. The summed E-state index contributed by atoms with van der Waals surface area (Å²) in [5.74, 6) is 0.136. The van der Waals surface area contributed by atoms with Gasteiger partial charge in [-0.1, -0.05) is 29.8 Å². The molecule has 0 spiro atoms. The number of hydrogen-bond acceptors (Lipinski definition) is 6. The highest BCUT2D eigenvalue weighted by atomic mass is 79.9. The number of hydrazone groups is 1. The largest absolute Gasteiger partial charge is 0.484 e. The zero-order valence-corrected chi connectivity index (χ0v) is 20.9. The third-order valence-electron chi connectivity index (χ3n) is 3.83. The Hall–Kier alpha value is -2.40. The molecule has 0 aromatic heterocycles. The summed E-state index contributed by atoms with van der Waals surface area (Å²) in [4.78, 5) is 11.9. The van der Waals surface area contributed by atoms with Crippen molar-refractivity contribution in [3.8, 4) is 11.5 Å². The molecule has 0 saturated heterocycles. The number of rotatable bonds is 8. The number of ether oxygens (including phenoxy) is 1. The molecule has 0 bridgehead atoms. The standard InChI is InChI=1S/C21H15Br2ClN2O5S/c22-18-10-14(12-25-26-20(27)13-30-16-8-6-15(24)7-9-16)11-19(23)21(18)31-32(28,29)17-4-2-1-3-5-17/h1-12H,13H2,(H,26,27)/b25-12-. The Morgan fingerprint density at radius 2 is 1.66 bits per heavy atom. The normalized spacial score (nSPS) is 11.3. The van der Waals surface area contributed by atoms with Crippen LogP contribution >= 0.6 is 43.5 Å². The van der Waals surface area contributed by atoms with Crippen LogP contribution in [0, 0.1) is 0 Å². The lowest BCUT2D eigenvalue weighted by Crippen LogP contribution is -2.24. The second kappa shape index (κ2) is 11.0. The van der Waals surface area contributed by atoms with Crippen molar-refractivity contribution in [2.24, 2.45) is 5.10 Å². The van der Waals surface area contributed by atoms with E-state index in [4.69, 9.17) is 20.5 Å². The van der Waals surface area contributed by atoms with Gasteiger partial charge in [-0.05, 0) is 86.0 Å². The van der Waals surface area contributed by atoms with Crippen LogP contribution in [0.4, 0.5) is 0 Å². The first-order valence-corrected chi connectivity index (χ1v) is 12.3. The molecule has 0 heterocycles. The summed E-state index contributed by atoms with van der Waals surface area (Å²) >= 11 is 12.4. The fraction of sp³-hybridized carbons (Fsp3) is 0.0476. The molecule has 32 heavy (non-hydrogen) atoms. The number of nitrogens with one attached hydrogen (secondary N) is 1. The molecule has 0 fully saturated rings. The van der Waals surface area contributed by atoms with Gasteiger partial charge < -0.3 is 8.92 Å². The molecule has 0 aliphatic carbocycles. The van der Waals surface area contributed by atoms with Crippen molar-refractivity contribution >= 4 is 65.7 Å². The Labute approximate surface area is 206 Å². The first-order valence-electron chi connectivity index (χ1n) is 8.93. The third kappa shape index (κ3) is 6.80. The highest BCUT2D eigenvalue weighted by molar-refractivity contribution is 9.11. The fourth-order valence-electron chi connectivity index (χ4n) is 2.37. The van der Waals surface area contributed by atoms with Gasteiger partial charge in [-0.15, -0.1) is 0 Å². The molecule has 0 aliphatic heterocycles. The predicted molar refractivity (Wildman–Crippen MR) is 129 cm³/mol. The lowest BCUT2D eigenvalue weighted by Gasteiger charge is -2.11. The summed E-state index contributed by atoms with van der Waals surface area (Å²) in [5, 5.41) is 4.44. The van der Waals surface area contributed by atoms with Crippen LogP contribution in [-0.4, -0.2) is 27.1 Å². The summed E-state index contributed by atoms with van der Waals surface area (Å²) < 4.78 is 36.3. The monoisotopic (exact) mass is 600 g/mol. The molecule has 7 nitrogen and oxygen atoms in total. The summed E-state index contributed by atoms with van der Waals surface area (Å²) in [6.45, 7) is -0.226. The predicted octanol–water partition coefficient (Wildman–Crippen LogP) is 5.16. The smallest absolute Gasteiger partial charge is 0.339 e. The fourth-order valence-corrected chi connectivity index (χ4v) is 5.08. The lowest BCUT2D eigenvalue weighted by atomic mass is 10.2. The van der Waals surface area contributed by atoms with E-state index in [-0.39, 0.29) is 17.3 Å². The molecule has 3 aromatic carbocycles. The molecule has 0 radical (unpaired) electrons. The first-order chi connectivity index (χ1) is 15.2. The van der Waals surface area contributed by atoms with Crippen molar-refractivity contribution in [2.45, 2.75) is 4.90 Å². The number of benzene rings is 3. The molecule has 0 atom stereocenters. The maximum atomic E-state index is 12.5. The summed E-state index contributed by atoms with van der Waals surface area (Å²) in [6.07, 6.45) is 1.39. The van der Waals surface area contributed by atoms with Gasteiger partial charge in [-0.3, -0.25) is 4.79 Å². The minimum atomic E-state index is -4.00. The average molecular weight is 603 g/mol. The number of hydrogen-bond donors (Lipinski definition) is 1. The molecule has 166 valence electrons. The summed E-state index contributed by atoms with van der Waals surface area (Å²) in [5.41, 5.74) is 2.92. The topological polar surface area (TPSA) is 94.1 Å². The highest BCUT2D eigenvalue weighted by Gasteiger charge is 2.20. The van der Waals surface area contributed by atoms with Gasteiger partial charge >= 0.3 is 10.1 Å². The molecule has 3 rings (SSSR count). The molecule has 0 unspecified atom stereocenters. The van der Waals surface area contributed by atoms with Gasteiger partial charge in [-0.25, -0.2) is 5.43 Å². The molecular weight excluding hydrogens is 588 g/mol. The van der Waals surface area contributed by atoms with Crippen LogP contribution < -0.4 is 14.3 Å². The van der Waals surface area contributed by atoms with E-state index < -0.39 is 16.0 Å². The van der Waals surface area contributed by atoms with Gasteiger partial charge in [0.25, 0.3) is 5.91 Å². The van der Waals surface area contributed by atoms with E-state index in [0.29, 0.717) is 25.3 Å². The Morgan fingerprint density at radius 1 is 1.03 bits per heavy atom. The Morgan fingerprint density at radius 3 is 2.28 bits per heavy atom. The Kier molecular flexibility index (Phi) is 8.30. The van der Waals surface area contributed by atoms with Crippen molar-refractivity contribution in [3.63, 3.8) is 0 Å². The van der Waals surface area contributed by atoms with E-state index in [1.54, 1.807) is 54.6 Å². The molecule has 11 heteroatoms. The highest BCUT2D eigenvalue weighted by Crippen LogP contribution is 2.36. The molecule has 0 saturated carbocycles. The van der Waals surface area contributed by atoms with Gasteiger partial charge in [0.15, 0.2) is 12.4 Å². The van der Waals surface area contributed by atoms with Gasteiger partial charge in [0, 0.05) is 5.02 Å². The maximum absolute atomic E-state index is 12.5. The van der Waals surface area contributed by atoms with Gasteiger partial charge in [0.1, 0.15) is 10.6 Å². The minimum Gasteiger partial charge on any atom is -0.484 e. The van der Waals surface area contributed by atoms with Gasteiger partial charge in [0.2, 0.25) is 0 Å². The SMILES string of the molecule is O=C(COc1ccc(Cl)cc1)N/N=C\c1cc(Br)c(OS(=O)(=O)c2ccccc2)c(Br)c1. The number of carbonyl (C=O) groups excluding carboxylic acids is 1. The zero-order chi connectivity index (χ0) is 23.1. The van der Waals surface area contributed by atoms with E-state index >= 15 is 0 Å². The van der Waals surface area contributed by atoms with Crippen LogP contribution in [-0.2, 0) is 14.9 Å². The van der Waals surface area contributed by atoms with Crippen LogP contribution in [0.25, 0.3) is 0 Å². The maximum Gasteiger partial charge on any atom is 0.339 e. The van der Waals surface area contributed by atoms with E-state index in [0.717, 1.165) is 0 Å². The number of nitrogens with zero attached hydrogens (tertiary/aromatic N) is 1. The van der Waals surface area contributed by atoms with Crippen molar-refractivity contribution in [1.29, 1.82) is 0 Å². The van der Waals surface area contributed by atoms with Crippen LogP contribution in [0.3, 0.4) is 0 Å². The second-order valence-corrected chi connectivity index (χ2v) is 9.89. The van der Waals surface area contributed by atoms with Crippen LogP contribution in [0.1, 0.15) is 5.56 Å². The summed E-state index contributed by atoms with van der Waals surface area (Å²) in [7, 11) is -4.00. The van der Waals surface area contributed by atoms with Gasteiger partial charge in [-0.2, -0.15) is 13.5 Å². The average Bonchev–Trinajstić information content (AvgIpc) is 2.76. The van der Waals surface area contributed by atoms with E-state index in [1.807, 2.05) is 0 Å². The van der Waals surface area contributed by atoms with Crippen LogP contribution in [0.2, 0.25) is 5.02 Å². The van der Waals surface area contributed by atoms with Crippen molar-refractivity contribution < 1.29 is 22.1 Å². The minimum absolute atomic E-state index is 0.0352. The number of amides is 1. The van der Waals surface area contributed by atoms with E-state index in [1.165, 1.54) is 18.3 Å². The molecular formula is C21H15Br2ClN2O5S. The van der Waals surface area contributed by atoms with Crippen molar-refractivity contribution in [3.05, 3.63) is 86.3 Å². The molecule has 1 amide bonds. The first kappa shape index (κ1) is 24.2.